The van der Waals surface area contributed by atoms with Gasteiger partial charge in [0.2, 0.25) is 11.7 Å². The molecular weight excluding hydrogens is 414 g/mol. The first-order valence-electron chi connectivity index (χ1n) is 13.4. The molecule has 6 nitrogen and oxygen atoms in total. The number of esters is 1. The van der Waals surface area contributed by atoms with Crippen LogP contribution in [0.3, 0.4) is 0 Å². The number of hydrogen-bond acceptors (Lipinski definition) is 6. The summed E-state index contributed by atoms with van der Waals surface area (Å²) in [6.07, 6.45) is 17.5. The number of carbonyl (C=O) groups excluding carboxylic acids is 1. The van der Waals surface area contributed by atoms with E-state index in [1.165, 1.54) is 57.8 Å². The number of rotatable bonds is 3. The predicted octanol–water partition coefficient (Wildman–Crippen LogP) is 6.09. The first-order valence-corrected chi connectivity index (χ1v) is 13.4. The maximum atomic E-state index is 13.1. The zero-order valence-electron chi connectivity index (χ0n) is 20.4. The molecule has 33 heavy (non-hydrogen) atoms. The van der Waals surface area contributed by atoms with Crippen molar-refractivity contribution in [1.29, 1.82) is 0 Å². The van der Waals surface area contributed by atoms with Crippen molar-refractivity contribution in [2.45, 2.75) is 128 Å². The van der Waals surface area contributed by atoms with Crippen molar-refractivity contribution in [2.24, 2.45) is 20.4 Å². The highest BCUT2D eigenvalue weighted by Crippen LogP contribution is 2.42. The Bertz CT molecular complexity index is 880. The Hall–Kier alpha value is -1.98. The van der Waals surface area contributed by atoms with Gasteiger partial charge in [-0.05, 0) is 52.4 Å². The molecular formula is C27H39N3O3. The minimum Gasteiger partial charge on any atom is -0.431 e. The van der Waals surface area contributed by atoms with E-state index in [0.717, 1.165) is 44.2 Å². The van der Waals surface area contributed by atoms with Gasteiger partial charge in [-0.25, -0.2) is 14.8 Å². The Morgan fingerprint density at radius 1 is 0.636 bits per heavy atom. The van der Waals surface area contributed by atoms with E-state index in [9.17, 15) is 4.79 Å². The van der Waals surface area contributed by atoms with Crippen molar-refractivity contribution < 1.29 is 14.3 Å². The molecule has 5 rings (SSSR count). The van der Waals surface area contributed by atoms with Gasteiger partial charge in [0.25, 0.3) is 5.90 Å². The number of hydrogen-bond donors (Lipinski definition) is 0. The molecule has 6 heteroatoms. The first kappa shape index (κ1) is 22.8. The van der Waals surface area contributed by atoms with Crippen LogP contribution in [0.1, 0.15) is 110 Å². The molecule has 3 aliphatic carbocycles. The lowest BCUT2D eigenvalue weighted by atomic mass is 9.77. The molecule has 3 fully saturated rings. The third-order valence-electron chi connectivity index (χ3n) is 8.07. The second-order valence-corrected chi connectivity index (χ2v) is 11.0. The van der Waals surface area contributed by atoms with E-state index in [-0.39, 0.29) is 24.1 Å². The first-order chi connectivity index (χ1) is 16.0. The molecule has 0 N–H and O–H groups in total. The maximum Gasteiger partial charge on any atom is 0.345 e. The largest absolute Gasteiger partial charge is 0.431 e. The lowest BCUT2D eigenvalue weighted by Crippen LogP contribution is -2.42. The van der Waals surface area contributed by atoms with Crippen LogP contribution in [0.25, 0.3) is 0 Å². The van der Waals surface area contributed by atoms with E-state index >= 15 is 0 Å². The Morgan fingerprint density at radius 3 is 1.61 bits per heavy atom. The summed E-state index contributed by atoms with van der Waals surface area (Å²) in [7, 11) is 0. The third-order valence-corrected chi connectivity index (χ3v) is 8.07. The predicted molar refractivity (Wildman–Crippen MR) is 131 cm³/mol. The van der Waals surface area contributed by atoms with Crippen molar-refractivity contribution in [3.8, 4) is 0 Å². The standard InChI is InChI=1S/C27H39N3O3/c1-27(2)21-22(24(33-26(21)31)29-19-14-8-4-9-15-19)32-25(30-20-16-10-5-11-17-20)23(27)28-18-12-6-3-7-13-18/h18-20H,3-17H2,1-2H3. The van der Waals surface area contributed by atoms with Gasteiger partial charge in [0.05, 0.1) is 23.7 Å². The van der Waals surface area contributed by atoms with Crippen molar-refractivity contribution in [1.82, 2.24) is 0 Å². The summed E-state index contributed by atoms with van der Waals surface area (Å²) in [6, 6.07) is 0.749. The number of aliphatic imine (C=N–C) groups is 3. The minimum absolute atomic E-state index is 0.205. The van der Waals surface area contributed by atoms with Crippen molar-refractivity contribution in [3.05, 3.63) is 11.3 Å². The van der Waals surface area contributed by atoms with Gasteiger partial charge in [-0.1, -0.05) is 57.8 Å². The van der Waals surface area contributed by atoms with Gasteiger partial charge in [0, 0.05) is 5.41 Å². The molecule has 0 bridgehead atoms. The highest BCUT2D eigenvalue weighted by atomic mass is 16.6. The summed E-state index contributed by atoms with van der Waals surface area (Å²) in [6.45, 7) is 4.15. The summed E-state index contributed by atoms with van der Waals surface area (Å²) < 4.78 is 12.2. The Kier molecular flexibility index (Phi) is 6.71. The summed E-state index contributed by atoms with van der Waals surface area (Å²) in [5.41, 5.74) is 0.781. The van der Waals surface area contributed by atoms with Crippen molar-refractivity contribution in [2.75, 3.05) is 0 Å². The second kappa shape index (κ2) is 9.71. The van der Waals surface area contributed by atoms with Crippen molar-refractivity contribution in [3.63, 3.8) is 0 Å². The lowest BCUT2D eigenvalue weighted by molar-refractivity contribution is -0.131. The van der Waals surface area contributed by atoms with E-state index < -0.39 is 5.41 Å². The Morgan fingerprint density at radius 2 is 1.09 bits per heavy atom. The van der Waals surface area contributed by atoms with Crippen LogP contribution < -0.4 is 0 Å². The molecule has 5 aliphatic rings. The highest BCUT2D eigenvalue weighted by molar-refractivity contribution is 6.45. The lowest BCUT2D eigenvalue weighted by Gasteiger charge is -2.34. The van der Waals surface area contributed by atoms with Crippen LogP contribution >= 0.6 is 0 Å². The molecule has 0 spiro atoms. The summed E-state index contributed by atoms with van der Waals surface area (Å²) in [4.78, 5) is 28.2. The molecule has 3 saturated carbocycles. The molecule has 0 aromatic carbocycles. The molecule has 0 aromatic heterocycles. The molecule has 2 heterocycles. The quantitative estimate of drug-likeness (QED) is 0.485. The molecule has 0 aromatic rings. The number of carbonyl (C=O) groups is 1. The molecule has 180 valence electrons. The molecule has 0 saturated heterocycles. The van der Waals surface area contributed by atoms with Crippen LogP contribution in [0.5, 0.6) is 0 Å². The van der Waals surface area contributed by atoms with Gasteiger partial charge in [-0.2, -0.15) is 0 Å². The van der Waals surface area contributed by atoms with Crippen molar-refractivity contribution >= 4 is 23.5 Å². The molecule has 0 radical (unpaired) electrons. The van der Waals surface area contributed by atoms with Gasteiger partial charge in [-0.15, -0.1) is 0 Å². The summed E-state index contributed by atoms with van der Waals surface area (Å²) >= 11 is 0. The average molecular weight is 454 g/mol. The van der Waals surface area contributed by atoms with E-state index in [1.54, 1.807) is 0 Å². The molecule has 0 atom stereocenters. The molecule has 2 aliphatic heterocycles. The van der Waals surface area contributed by atoms with Crippen LogP contribution in [0.2, 0.25) is 0 Å². The minimum atomic E-state index is -0.612. The third kappa shape index (κ3) is 4.81. The van der Waals surface area contributed by atoms with Gasteiger partial charge in [0.1, 0.15) is 5.71 Å². The van der Waals surface area contributed by atoms with E-state index in [0.29, 0.717) is 23.1 Å². The Balaban J connectivity index is 1.54. The fourth-order valence-corrected chi connectivity index (χ4v) is 6.08. The van der Waals surface area contributed by atoms with Crippen LogP contribution in [0, 0.1) is 5.41 Å². The van der Waals surface area contributed by atoms with E-state index in [2.05, 4.69) is 13.8 Å². The van der Waals surface area contributed by atoms with Gasteiger partial charge in [-0.3, -0.25) is 4.99 Å². The average Bonchev–Trinajstić information content (AvgIpc) is 3.14. The number of cyclic esters (lactones) is 1. The number of nitrogens with zero attached hydrogens (tertiary/aromatic N) is 3. The molecule has 0 unspecified atom stereocenters. The topological polar surface area (TPSA) is 72.6 Å². The normalized spacial score (nSPS) is 31.2. The van der Waals surface area contributed by atoms with Gasteiger partial charge < -0.3 is 9.47 Å². The zero-order valence-corrected chi connectivity index (χ0v) is 20.4. The van der Waals surface area contributed by atoms with E-state index in [1.807, 2.05) is 0 Å². The zero-order chi connectivity index (χ0) is 22.8. The van der Waals surface area contributed by atoms with Gasteiger partial charge >= 0.3 is 5.97 Å². The van der Waals surface area contributed by atoms with Gasteiger partial charge in [0.15, 0.2) is 0 Å². The van der Waals surface area contributed by atoms with Crippen LogP contribution in [0.15, 0.2) is 26.3 Å². The summed E-state index contributed by atoms with van der Waals surface area (Å²) in [5.74, 6) is 1.12. The van der Waals surface area contributed by atoms with Crippen LogP contribution in [-0.4, -0.2) is 41.6 Å². The molecule has 0 amide bonds. The van der Waals surface area contributed by atoms with E-state index in [4.69, 9.17) is 24.5 Å². The maximum absolute atomic E-state index is 13.1. The SMILES string of the molecule is CC1(C)C(=NC2CCCCC2)C(=NC2CCCCC2)OC2=C1C(=O)OC2=NC1CCCCC1. The fourth-order valence-electron chi connectivity index (χ4n) is 6.08. The summed E-state index contributed by atoms with van der Waals surface area (Å²) in [5, 5.41) is 0. The smallest absolute Gasteiger partial charge is 0.345 e. The fraction of sp³-hybridized carbons (Fsp3) is 0.778. The highest BCUT2D eigenvalue weighted by Gasteiger charge is 2.51. The monoisotopic (exact) mass is 453 g/mol. The second-order valence-electron chi connectivity index (χ2n) is 11.0. The Labute approximate surface area is 198 Å². The van der Waals surface area contributed by atoms with Crippen LogP contribution in [0.4, 0.5) is 0 Å². The number of ether oxygens (including phenoxy) is 2. The van der Waals surface area contributed by atoms with Crippen LogP contribution in [-0.2, 0) is 14.3 Å².